The predicted octanol–water partition coefficient (Wildman–Crippen LogP) is 3.03. The molecular formula is C23H19BrClN3O3. The highest BCUT2D eigenvalue weighted by Gasteiger charge is 2.43. The summed E-state index contributed by atoms with van der Waals surface area (Å²) in [4.78, 5) is 30.4. The highest BCUT2D eigenvalue weighted by Crippen LogP contribution is 2.39. The predicted molar refractivity (Wildman–Crippen MR) is 118 cm³/mol. The topological polar surface area (TPSA) is 80.1 Å². The summed E-state index contributed by atoms with van der Waals surface area (Å²) in [5.74, 6) is -1.86. The van der Waals surface area contributed by atoms with Crippen molar-refractivity contribution in [3.05, 3.63) is 93.4 Å². The van der Waals surface area contributed by atoms with Gasteiger partial charge >= 0.3 is 0 Å². The van der Waals surface area contributed by atoms with Crippen LogP contribution in [0.25, 0.3) is 5.76 Å². The first-order valence-electron chi connectivity index (χ1n) is 9.75. The molecule has 1 aliphatic heterocycles. The second kappa shape index (κ2) is 9.08. The number of halogens is 2. The number of ketones is 1. The average molecular weight is 501 g/mol. The molecular weight excluding hydrogens is 482 g/mol. The fraction of sp³-hybridized carbons (Fsp3) is 0.174. The number of carbonyl (C=O) groups excluding carboxylic acids is 2. The Kier molecular flexibility index (Phi) is 6.25. The van der Waals surface area contributed by atoms with Crippen LogP contribution in [0.5, 0.6) is 0 Å². The van der Waals surface area contributed by atoms with Crippen LogP contribution >= 0.6 is 27.5 Å². The summed E-state index contributed by atoms with van der Waals surface area (Å²) in [6.45, 7) is 1.02. The monoisotopic (exact) mass is 499 g/mol. The molecule has 0 spiro atoms. The number of benzene rings is 2. The number of Topliss-reactive ketones (excluding diaryl/α,β-unsaturated/α-hetero) is 1. The molecule has 0 aliphatic carbocycles. The lowest BCUT2D eigenvalue weighted by Crippen LogP contribution is -2.36. The molecule has 3 aromatic rings. The van der Waals surface area contributed by atoms with Gasteiger partial charge in [0, 0.05) is 28.0 Å². The highest BCUT2D eigenvalue weighted by atomic mass is 79.9. The minimum absolute atomic E-state index is 0.0280. The molecule has 1 amide bonds. The second-order valence-corrected chi connectivity index (χ2v) is 8.59. The summed E-state index contributed by atoms with van der Waals surface area (Å²) in [7, 11) is 0. The van der Waals surface area contributed by atoms with Crippen LogP contribution in [-0.4, -0.2) is 28.1 Å². The number of aromatic nitrogens is 2. The minimum Gasteiger partial charge on any atom is -0.872 e. The standard InChI is InChI=1S/C23H19BrClN3O3/c24-17-4-1-3-16(13-17)20-19(21(29)15-5-7-18(25)8-6-15)22(30)23(31)28(20)11-2-10-27-12-9-26-14-27/h1,3-9,12-14,20H,2,10-11H2,(H,29,30). The van der Waals surface area contributed by atoms with E-state index in [9.17, 15) is 14.7 Å². The van der Waals surface area contributed by atoms with E-state index >= 15 is 0 Å². The quantitative estimate of drug-likeness (QED) is 0.245. The molecule has 0 radical (unpaired) electrons. The molecule has 1 N–H and O–H groups in total. The first kappa shape index (κ1) is 21.3. The lowest BCUT2D eigenvalue weighted by Gasteiger charge is -2.27. The number of carbonyl (C=O) groups is 2. The van der Waals surface area contributed by atoms with E-state index < -0.39 is 23.5 Å². The summed E-state index contributed by atoms with van der Waals surface area (Å²) in [6.07, 6.45) is 6.16. The lowest BCUT2D eigenvalue weighted by atomic mass is 9.95. The SMILES string of the molecule is O=C1C(=O)N(CCC[n+]2cc[nH]c2)C(c2cccc(Br)c2)/C1=C(\[O-])c1ccc(Cl)cc1. The summed E-state index contributed by atoms with van der Waals surface area (Å²) < 4.78 is 2.76. The number of nitrogens with zero attached hydrogens (tertiary/aromatic N) is 2. The number of hydrogen-bond donors (Lipinski definition) is 1. The molecule has 0 saturated carbocycles. The third-order valence-corrected chi connectivity index (χ3v) is 5.96. The number of likely N-dealkylation sites (tertiary alicyclic amines) is 1. The molecule has 1 aromatic heterocycles. The van der Waals surface area contributed by atoms with E-state index in [1.54, 1.807) is 24.3 Å². The van der Waals surface area contributed by atoms with Crippen molar-refractivity contribution in [2.24, 2.45) is 0 Å². The van der Waals surface area contributed by atoms with Crippen molar-refractivity contribution in [2.45, 2.75) is 19.0 Å². The Hall–Kier alpha value is -2.90. The molecule has 2 heterocycles. The van der Waals surface area contributed by atoms with Gasteiger partial charge in [-0.25, -0.2) is 4.57 Å². The normalized spacial score (nSPS) is 18.0. The van der Waals surface area contributed by atoms with Crippen molar-refractivity contribution in [3.8, 4) is 0 Å². The van der Waals surface area contributed by atoms with Crippen LogP contribution < -0.4 is 9.67 Å². The number of H-pyrrole nitrogens is 1. The van der Waals surface area contributed by atoms with Gasteiger partial charge in [0.15, 0.2) is 0 Å². The van der Waals surface area contributed by atoms with Gasteiger partial charge in [0.25, 0.3) is 5.91 Å². The van der Waals surface area contributed by atoms with E-state index in [-0.39, 0.29) is 5.57 Å². The molecule has 31 heavy (non-hydrogen) atoms. The van der Waals surface area contributed by atoms with Crippen LogP contribution in [0.1, 0.15) is 23.6 Å². The van der Waals surface area contributed by atoms with E-state index in [0.717, 1.165) is 4.47 Å². The maximum Gasteiger partial charge on any atom is 0.295 e. The Bertz CT molecular complexity index is 1140. The van der Waals surface area contributed by atoms with Crippen molar-refractivity contribution in [1.82, 2.24) is 9.88 Å². The fourth-order valence-corrected chi connectivity index (χ4v) is 4.31. The number of imidazole rings is 1. The van der Waals surface area contributed by atoms with Gasteiger partial charge in [0.05, 0.1) is 12.6 Å². The lowest BCUT2D eigenvalue weighted by molar-refractivity contribution is -0.695. The summed E-state index contributed by atoms with van der Waals surface area (Å²) in [6, 6.07) is 12.9. The third-order valence-electron chi connectivity index (χ3n) is 5.22. The molecule has 0 bridgehead atoms. The molecule has 4 rings (SSSR count). The Labute approximate surface area is 192 Å². The zero-order valence-corrected chi connectivity index (χ0v) is 18.8. The maximum atomic E-state index is 13.3. The number of nitrogens with one attached hydrogen (secondary N) is 1. The molecule has 1 aliphatic rings. The van der Waals surface area contributed by atoms with E-state index in [0.29, 0.717) is 35.7 Å². The number of amides is 1. The second-order valence-electron chi connectivity index (χ2n) is 7.24. The minimum atomic E-state index is -0.751. The van der Waals surface area contributed by atoms with Gasteiger partial charge < -0.3 is 10.0 Å². The van der Waals surface area contributed by atoms with Crippen LogP contribution in [-0.2, 0) is 16.1 Å². The van der Waals surface area contributed by atoms with Gasteiger partial charge in [-0.2, -0.15) is 0 Å². The first-order valence-corrected chi connectivity index (χ1v) is 10.9. The largest absolute Gasteiger partial charge is 0.872 e. The number of hydrogen-bond acceptors (Lipinski definition) is 3. The molecule has 1 unspecified atom stereocenters. The molecule has 2 aromatic carbocycles. The van der Waals surface area contributed by atoms with Crippen molar-refractivity contribution >= 4 is 45.0 Å². The van der Waals surface area contributed by atoms with Crippen molar-refractivity contribution < 1.29 is 19.3 Å². The number of aromatic amines is 1. The molecule has 6 nitrogen and oxygen atoms in total. The fourth-order valence-electron chi connectivity index (χ4n) is 3.76. The van der Waals surface area contributed by atoms with E-state index in [4.69, 9.17) is 11.6 Å². The van der Waals surface area contributed by atoms with Gasteiger partial charge in [-0.05, 0) is 35.4 Å². The molecule has 8 heteroatoms. The Morgan fingerprint density at radius 2 is 1.97 bits per heavy atom. The third kappa shape index (κ3) is 4.43. The van der Waals surface area contributed by atoms with E-state index in [2.05, 4.69) is 20.9 Å². The Morgan fingerprint density at radius 1 is 1.19 bits per heavy atom. The van der Waals surface area contributed by atoms with Crippen LogP contribution in [0.2, 0.25) is 5.02 Å². The first-order chi connectivity index (χ1) is 15.0. The maximum absolute atomic E-state index is 13.3. The Morgan fingerprint density at radius 3 is 2.65 bits per heavy atom. The zero-order chi connectivity index (χ0) is 22.0. The summed E-state index contributed by atoms with van der Waals surface area (Å²) >= 11 is 9.38. The van der Waals surface area contributed by atoms with Gasteiger partial charge in [-0.1, -0.05) is 57.6 Å². The number of aryl methyl sites for hydroxylation is 1. The average Bonchev–Trinajstić information content (AvgIpc) is 3.36. The van der Waals surface area contributed by atoms with Crippen LogP contribution in [0.15, 0.2) is 77.3 Å². The van der Waals surface area contributed by atoms with Crippen LogP contribution in [0.3, 0.4) is 0 Å². The van der Waals surface area contributed by atoms with Crippen molar-refractivity contribution in [2.75, 3.05) is 6.54 Å². The molecule has 1 fully saturated rings. The van der Waals surface area contributed by atoms with Crippen LogP contribution in [0.4, 0.5) is 0 Å². The smallest absolute Gasteiger partial charge is 0.295 e. The molecule has 1 saturated heterocycles. The van der Waals surface area contributed by atoms with Gasteiger partial charge in [-0.3, -0.25) is 14.6 Å². The summed E-state index contributed by atoms with van der Waals surface area (Å²) in [5, 5.41) is 13.8. The van der Waals surface area contributed by atoms with Gasteiger partial charge in [0.2, 0.25) is 12.1 Å². The Balaban J connectivity index is 1.73. The van der Waals surface area contributed by atoms with Gasteiger partial charge in [0.1, 0.15) is 12.4 Å². The van der Waals surface area contributed by atoms with Crippen molar-refractivity contribution in [3.63, 3.8) is 0 Å². The van der Waals surface area contributed by atoms with Crippen LogP contribution in [0, 0.1) is 0 Å². The highest BCUT2D eigenvalue weighted by molar-refractivity contribution is 9.10. The molecule has 158 valence electrons. The summed E-state index contributed by atoms with van der Waals surface area (Å²) in [5.41, 5.74) is 1.00. The molecule has 1 atom stereocenters. The van der Waals surface area contributed by atoms with E-state index in [1.807, 2.05) is 47.6 Å². The van der Waals surface area contributed by atoms with E-state index in [1.165, 1.54) is 4.90 Å². The zero-order valence-electron chi connectivity index (χ0n) is 16.4. The van der Waals surface area contributed by atoms with Gasteiger partial charge in [-0.15, -0.1) is 0 Å². The number of rotatable bonds is 6. The van der Waals surface area contributed by atoms with Crippen molar-refractivity contribution in [1.29, 1.82) is 0 Å².